The Morgan fingerprint density at radius 2 is 2.09 bits per heavy atom. The number of halogens is 2. The normalized spacial score (nSPS) is 11.3. The molecule has 0 bridgehead atoms. The van der Waals surface area contributed by atoms with Crippen molar-refractivity contribution in [3.8, 4) is 5.75 Å². The number of hydrogen-bond donors (Lipinski definition) is 1. The lowest BCUT2D eigenvalue weighted by Crippen LogP contribution is -2.02. The third-order valence-corrected chi connectivity index (χ3v) is 3.67. The van der Waals surface area contributed by atoms with Gasteiger partial charge < -0.3 is 9.84 Å². The predicted octanol–water partition coefficient (Wildman–Crippen LogP) is 4.26. The number of nitro groups is 1. The molecule has 0 spiro atoms. The second-order valence-corrected chi connectivity index (χ2v) is 5.13. The van der Waals surface area contributed by atoms with E-state index in [0.29, 0.717) is 17.7 Å². The van der Waals surface area contributed by atoms with Crippen molar-refractivity contribution in [1.29, 1.82) is 0 Å². The third kappa shape index (κ3) is 5.20. The lowest BCUT2D eigenvalue weighted by atomic mass is 10.1. The van der Waals surface area contributed by atoms with Gasteiger partial charge in [-0.15, -0.1) is 0 Å². The Kier molecular flexibility index (Phi) is 7.14. The molecular formula is C14H15Cl2NO5. The SMILES string of the molecule is CC/C(=C/c1ccc(OCCCC(=O)O)c(Cl)c1Cl)[N+](=O)[O-]. The maximum Gasteiger partial charge on any atom is 0.303 e. The Bertz CT molecular complexity index is 601. The Morgan fingerprint density at radius 3 is 2.64 bits per heavy atom. The van der Waals surface area contributed by atoms with Crippen LogP contribution < -0.4 is 4.74 Å². The fourth-order valence-corrected chi connectivity index (χ4v) is 2.08. The molecule has 1 N–H and O–H groups in total. The number of hydrogen-bond acceptors (Lipinski definition) is 4. The van der Waals surface area contributed by atoms with Gasteiger partial charge in [-0.3, -0.25) is 14.9 Å². The second kappa shape index (κ2) is 8.60. The van der Waals surface area contributed by atoms with Crippen LogP contribution in [0.15, 0.2) is 17.8 Å². The van der Waals surface area contributed by atoms with Crippen LogP contribution in [-0.4, -0.2) is 22.6 Å². The summed E-state index contributed by atoms with van der Waals surface area (Å²) >= 11 is 12.2. The van der Waals surface area contributed by atoms with Gasteiger partial charge >= 0.3 is 5.97 Å². The average Bonchev–Trinajstić information content (AvgIpc) is 2.46. The van der Waals surface area contributed by atoms with Crippen LogP contribution in [-0.2, 0) is 4.79 Å². The lowest BCUT2D eigenvalue weighted by Gasteiger charge is -2.10. The zero-order valence-electron chi connectivity index (χ0n) is 11.8. The summed E-state index contributed by atoms with van der Waals surface area (Å²) in [7, 11) is 0. The summed E-state index contributed by atoms with van der Waals surface area (Å²) in [5.41, 5.74) is 0.450. The van der Waals surface area contributed by atoms with E-state index in [1.54, 1.807) is 19.1 Å². The van der Waals surface area contributed by atoms with Gasteiger partial charge in [-0.25, -0.2) is 0 Å². The van der Waals surface area contributed by atoms with E-state index in [1.165, 1.54) is 6.08 Å². The third-order valence-electron chi connectivity index (χ3n) is 2.79. The molecule has 1 aromatic rings. The molecule has 0 radical (unpaired) electrons. The molecule has 0 saturated carbocycles. The van der Waals surface area contributed by atoms with Crippen LogP contribution in [0.25, 0.3) is 6.08 Å². The van der Waals surface area contributed by atoms with Crippen LogP contribution in [0.4, 0.5) is 0 Å². The maximum absolute atomic E-state index is 10.8. The molecule has 1 rings (SSSR count). The van der Waals surface area contributed by atoms with Crippen molar-refractivity contribution in [2.24, 2.45) is 0 Å². The molecule has 0 fully saturated rings. The zero-order chi connectivity index (χ0) is 16.7. The van der Waals surface area contributed by atoms with Crippen molar-refractivity contribution in [1.82, 2.24) is 0 Å². The molecule has 120 valence electrons. The number of carboxylic acid groups (broad SMARTS) is 1. The number of nitrogens with zero attached hydrogens (tertiary/aromatic N) is 1. The van der Waals surface area contributed by atoms with E-state index >= 15 is 0 Å². The number of rotatable bonds is 8. The minimum absolute atomic E-state index is 0.00509. The van der Waals surface area contributed by atoms with Crippen LogP contribution in [0.3, 0.4) is 0 Å². The zero-order valence-corrected chi connectivity index (χ0v) is 13.4. The highest BCUT2D eigenvalue weighted by Gasteiger charge is 2.14. The topological polar surface area (TPSA) is 89.7 Å². The first-order valence-corrected chi connectivity index (χ1v) is 7.30. The van der Waals surface area contributed by atoms with Crippen molar-refractivity contribution in [3.05, 3.63) is 43.6 Å². The van der Waals surface area contributed by atoms with E-state index in [9.17, 15) is 14.9 Å². The van der Waals surface area contributed by atoms with Gasteiger partial charge in [-0.05, 0) is 18.6 Å². The van der Waals surface area contributed by atoms with E-state index < -0.39 is 10.9 Å². The van der Waals surface area contributed by atoms with E-state index in [2.05, 4.69) is 0 Å². The fourth-order valence-electron chi connectivity index (χ4n) is 1.64. The summed E-state index contributed by atoms with van der Waals surface area (Å²) in [5.74, 6) is -0.589. The van der Waals surface area contributed by atoms with Crippen LogP contribution in [0.2, 0.25) is 10.0 Å². The van der Waals surface area contributed by atoms with Crippen LogP contribution >= 0.6 is 23.2 Å². The number of carbonyl (C=O) groups is 1. The van der Waals surface area contributed by atoms with Crippen LogP contribution in [0.1, 0.15) is 31.7 Å². The molecule has 1 aromatic carbocycles. The molecule has 0 amide bonds. The second-order valence-electron chi connectivity index (χ2n) is 4.37. The van der Waals surface area contributed by atoms with E-state index in [-0.39, 0.29) is 35.2 Å². The van der Waals surface area contributed by atoms with Gasteiger partial charge in [0.25, 0.3) is 0 Å². The number of benzene rings is 1. The minimum atomic E-state index is -0.903. The first kappa shape index (κ1) is 18.3. The molecule has 8 heteroatoms. The molecule has 0 aromatic heterocycles. The van der Waals surface area contributed by atoms with Gasteiger partial charge in [0.15, 0.2) is 0 Å². The highest BCUT2D eigenvalue weighted by atomic mass is 35.5. The Hall–Kier alpha value is -1.79. The monoisotopic (exact) mass is 347 g/mol. The van der Waals surface area contributed by atoms with Gasteiger partial charge in [0.2, 0.25) is 5.70 Å². The minimum Gasteiger partial charge on any atom is -0.492 e. The molecule has 6 nitrogen and oxygen atoms in total. The van der Waals surface area contributed by atoms with Crippen molar-refractivity contribution in [3.63, 3.8) is 0 Å². The number of aliphatic carboxylic acids is 1. The van der Waals surface area contributed by atoms with Crippen molar-refractivity contribution in [2.75, 3.05) is 6.61 Å². The maximum atomic E-state index is 10.8. The van der Waals surface area contributed by atoms with Crippen LogP contribution in [0.5, 0.6) is 5.75 Å². The molecule has 0 heterocycles. The number of allylic oxidation sites excluding steroid dienone is 1. The lowest BCUT2D eigenvalue weighted by molar-refractivity contribution is -0.425. The number of carboxylic acids is 1. The van der Waals surface area contributed by atoms with Crippen molar-refractivity contribution >= 4 is 35.2 Å². The number of ether oxygens (including phenoxy) is 1. The molecule has 0 aliphatic heterocycles. The van der Waals surface area contributed by atoms with Gasteiger partial charge in [0.1, 0.15) is 10.8 Å². The average molecular weight is 348 g/mol. The van der Waals surface area contributed by atoms with Crippen molar-refractivity contribution < 1.29 is 19.6 Å². The molecule has 0 atom stereocenters. The smallest absolute Gasteiger partial charge is 0.303 e. The molecule has 0 aliphatic carbocycles. The Balaban J connectivity index is 2.88. The van der Waals surface area contributed by atoms with E-state index in [0.717, 1.165) is 0 Å². The van der Waals surface area contributed by atoms with E-state index in [1.807, 2.05) is 0 Å². The highest BCUT2D eigenvalue weighted by molar-refractivity contribution is 6.43. The van der Waals surface area contributed by atoms with Gasteiger partial charge in [-0.1, -0.05) is 30.1 Å². The van der Waals surface area contributed by atoms with Crippen molar-refractivity contribution in [2.45, 2.75) is 26.2 Å². The summed E-state index contributed by atoms with van der Waals surface area (Å²) in [6.07, 6.45) is 1.96. The Morgan fingerprint density at radius 1 is 1.41 bits per heavy atom. The summed E-state index contributed by atoms with van der Waals surface area (Å²) in [4.78, 5) is 20.7. The highest BCUT2D eigenvalue weighted by Crippen LogP contribution is 2.36. The molecular weight excluding hydrogens is 333 g/mol. The first-order valence-electron chi connectivity index (χ1n) is 6.54. The molecule has 0 unspecified atom stereocenters. The summed E-state index contributed by atoms with van der Waals surface area (Å²) < 4.78 is 5.37. The fraction of sp³-hybridized carbons (Fsp3) is 0.357. The predicted molar refractivity (Wildman–Crippen MR) is 84.1 cm³/mol. The Labute approximate surface area is 137 Å². The van der Waals surface area contributed by atoms with Gasteiger partial charge in [-0.2, -0.15) is 0 Å². The molecule has 0 saturated heterocycles. The van der Waals surface area contributed by atoms with Crippen LogP contribution in [0, 0.1) is 10.1 Å². The van der Waals surface area contributed by atoms with Gasteiger partial charge in [0, 0.05) is 24.5 Å². The standard InChI is InChI=1S/C14H15Cl2NO5/c1-2-10(17(20)21)8-9-5-6-11(14(16)13(9)15)22-7-3-4-12(18)19/h5-6,8H,2-4,7H2,1H3,(H,18,19)/b10-8-. The first-order chi connectivity index (χ1) is 10.4. The summed E-state index contributed by atoms with van der Waals surface area (Å²) in [6.45, 7) is 1.86. The van der Waals surface area contributed by atoms with Gasteiger partial charge in [0.05, 0.1) is 16.6 Å². The quantitative estimate of drug-likeness (QED) is 0.431. The molecule has 0 aliphatic rings. The summed E-state index contributed by atoms with van der Waals surface area (Å²) in [6, 6.07) is 3.12. The van der Waals surface area contributed by atoms with E-state index in [4.69, 9.17) is 33.0 Å². The largest absolute Gasteiger partial charge is 0.492 e. The summed E-state index contributed by atoms with van der Waals surface area (Å²) in [5, 5.41) is 19.7. The molecule has 22 heavy (non-hydrogen) atoms.